The van der Waals surface area contributed by atoms with Crippen LogP contribution in [0.3, 0.4) is 0 Å². The molecule has 0 aliphatic carbocycles. The first-order valence-electron chi connectivity index (χ1n) is 6.15. The van der Waals surface area contributed by atoms with Gasteiger partial charge in [-0.25, -0.2) is 0 Å². The van der Waals surface area contributed by atoms with E-state index in [1.807, 2.05) is 13.0 Å². The molecular formula is C17H17N. The number of nitrogens with one attached hydrogen (secondary N) is 1. The molecule has 1 heteroatoms. The van der Waals surface area contributed by atoms with E-state index in [0.29, 0.717) is 0 Å². The van der Waals surface area contributed by atoms with E-state index in [1.54, 1.807) is 0 Å². The number of hydrogen-bond donors (Lipinski definition) is 1. The summed E-state index contributed by atoms with van der Waals surface area (Å²) in [5.41, 5.74) is 3.80. The highest BCUT2D eigenvalue weighted by Crippen LogP contribution is 2.18. The van der Waals surface area contributed by atoms with Crippen LogP contribution in [0.4, 0.5) is 0 Å². The van der Waals surface area contributed by atoms with Crippen molar-refractivity contribution in [2.24, 2.45) is 0 Å². The molecule has 0 bridgehead atoms. The molecule has 0 aliphatic rings. The Morgan fingerprint density at radius 1 is 0.889 bits per heavy atom. The zero-order chi connectivity index (χ0) is 12.6. The van der Waals surface area contributed by atoms with E-state index in [9.17, 15) is 0 Å². The highest BCUT2D eigenvalue weighted by atomic mass is 14.8. The molecule has 90 valence electrons. The summed E-state index contributed by atoms with van der Waals surface area (Å²) in [5, 5.41) is 3.29. The van der Waals surface area contributed by atoms with Crippen LogP contribution in [0.15, 0.2) is 54.6 Å². The fourth-order valence-electron chi connectivity index (χ4n) is 1.80. The van der Waals surface area contributed by atoms with Crippen molar-refractivity contribution >= 4 is 0 Å². The topological polar surface area (TPSA) is 12.0 Å². The van der Waals surface area contributed by atoms with E-state index >= 15 is 0 Å². The van der Waals surface area contributed by atoms with Gasteiger partial charge in [-0.3, -0.25) is 0 Å². The van der Waals surface area contributed by atoms with Gasteiger partial charge in [0.15, 0.2) is 0 Å². The molecule has 1 nitrogen and oxygen atoms in total. The summed E-state index contributed by atoms with van der Waals surface area (Å²) in [7, 11) is 0. The van der Waals surface area contributed by atoms with Gasteiger partial charge in [0, 0.05) is 6.54 Å². The minimum atomic E-state index is 0.747. The third kappa shape index (κ3) is 3.48. The molecule has 0 heterocycles. The molecule has 2 rings (SSSR count). The van der Waals surface area contributed by atoms with Crippen LogP contribution in [0.1, 0.15) is 12.5 Å². The maximum absolute atomic E-state index is 3.29. The smallest absolute Gasteiger partial charge is 0.0578 e. The Labute approximate surface area is 109 Å². The monoisotopic (exact) mass is 235 g/mol. The molecule has 2 aromatic carbocycles. The van der Waals surface area contributed by atoms with Gasteiger partial charge in [0.2, 0.25) is 0 Å². The van der Waals surface area contributed by atoms with Gasteiger partial charge in [-0.2, -0.15) is 0 Å². The average molecular weight is 235 g/mol. The molecule has 0 atom stereocenters. The largest absolute Gasteiger partial charge is 0.302 e. The molecule has 0 aromatic heterocycles. The van der Waals surface area contributed by atoms with Crippen LogP contribution >= 0.6 is 0 Å². The maximum atomic E-state index is 3.29. The second kappa shape index (κ2) is 6.64. The molecule has 0 fully saturated rings. The van der Waals surface area contributed by atoms with Gasteiger partial charge < -0.3 is 5.32 Å². The first-order chi connectivity index (χ1) is 8.90. The second-order valence-electron chi connectivity index (χ2n) is 4.09. The van der Waals surface area contributed by atoms with Gasteiger partial charge in [-0.05, 0) is 23.6 Å². The highest BCUT2D eigenvalue weighted by Gasteiger charge is 1.96. The fraction of sp³-hybridized carbons (Fsp3) is 0.176. The third-order valence-electron chi connectivity index (χ3n) is 2.78. The Hall–Kier alpha value is -2.04. The lowest BCUT2D eigenvalue weighted by atomic mass is 10.0. The lowest BCUT2D eigenvalue weighted by Crippen LogP contribution is -2.12. The van der Waals surface area contributed by atoms with Crippen LogP contribution in [-0.2, 0) is 6.54 Å². The SMILES string of the molecule is CC#CCNCc1ccc(-c2ccccc2)cc1. The summed E-state index contributed by atoms with van der Waals surface area (Å²) in [6, 6.07) is 19.1. The molecule has 0 saturated carbocycles. The average Bonchev–Trinajstić information content (AvgIpc) is 2.45. The Morgan fingerprint density at radius 2 is 1.56 bits per heavy atom. The Balaban J connectivity index is 1.99. The van der Waals surface area contributed by atoms with Crippen molar-refractivity contribution in [1.82, 2.24) is 5.32 Å². The Kier molecular flexibility index (Phi) is 4.58. The molecule has 0 spiro atoms. The molecule has 1 N–H and O–H groups in total. The van der Waals surface area contributed by atoms with Crippen LogP contribution in [0.5, 0.6) is 0 Å². The molecule has 0 radical (unpaired) electrons. The van der Waals surface area contributed by atoms with E-state index in [-0.39, 0.29) is 0 Å². The summed E-state index contributed by atoms with van der Waals surface area (Å²) in [6.45, 7) is 3.47. The van der Waals surface area contributed by atoms with Gasteiger partial charge in [-0.1, -0.05) is 60.5 Å². The van der Waals surface area contributed by atoms with Crippen LogP contribution in [0.2, 0.25) is 0 Å². The van der Waals surface area contributed by atoms with Crippen LogP contribution in [0, 0.1) is 11.8 Å². The molecule has 0 aliphatic heterocycles. The van der Waals surface area contributed by atoms with Crippen LogP contribution in [-0.4, -0.2) is 6.54 Å². The van der Waals surface area contributed by atoms with Gasteiger partial charge in [0.1, 0.15) is 0 Å². The van der Waals surface area contributed by atoms with E-state index in [1.165, 1.54) is 16.7 Å². The number of rotatable bonds is 4. The Morgan fingerprint density at radius 3 is 2.22 bits per heavy atom. The molecule has 18 heavy (non-hydrogen) atoms. The normalized spacial score (nSPS) is 9.61. The molecule has 2 aromatic rings. The minimum Gasteiger partial charge on any atom is -0.302 e. The summed E-state index contributed by atoms with van der Waals surface area (Å²) in [6.07, 6.45) is 0. The lowest BCUT2D eigenvalue weighted by molar-refractivity contribution is 0.770. The van der Waals surface area contributed by atoms with E-state index in [4.69, 9.17) is 0 Å². The molecular weight excluding hydrogens is 218 g/mol. The summed E-state index contributed by atoms with van der Waals surface area (Å²) in [5.74, 6) is 5.87. The zero-order valence-corrected chi connectivity index (χ0v) is 10.6. The van der Waals surface area contributed by atoms with Crippen molar-refractivity contribution in [3.63, 3.8) is 0 Å². The van der Waals surface area contributed by atoms with Crippen LogP contribution < -0.4 is 5.32 Å². The zero-order valence-electron chi connectivity index (χ0n) is 10.6. The number of benzene rings is 2. The van der Waals surface area contributed by atoms with Gasteiger partial charge in [0.05, 0.1) is 6.54 Å². The van der Waals surface area contributed by atoms with E-state index < -0.39 is 0 Å². The van der Waals surface area contributed by atoms with E-state index in [2.05, 4.69) is 65.7 Å². The highest BCUT2D eigenvalue weighted by molar-refractivity contribution is 5.63. The van der Waals surface area contributed by atoms with Crippen molar-refractivity contribution in [3.8, 4) is 23.0 Å². The third-order valence-corrected chi connectivity index (χ3v) is 2.78. The first kappa shape index (κ1) is 12.4. The van der Waals surface area contributed by atoms with E-state index in [0.717, 1.165) is 13.1 Å². The molecule has 0 amide bonds. The first-order valence-corrected chi connectivity index (χ1v) is 6.15. The summed E-state index contributed by atoms with van der Waals surface area (Å²) in [4.78, 5) is 0. The standard InChI is InChI=1S/C17H17N/c1-2-3-13-18-14-15-9-11-17(12-10-15)16-7-5-4-6-8-16/h4-12,18H,13-14H2,1H3. The van der Waals surface area contributed by atoms with Crippen molar-refractivity contribution in [1.29, 1.82) is 0 Å². The Bertz CT molecular complexity index is 529. The molecule has 0 saturated heterocycles. The number of hydrogen-bond acceptors (Lipinski definition) is 1. The van der Waals surface area contributed by atoms with Crippen molar-refractivity contribution < 1.29 is 0 Å². The van der Waals surface area contributed by atoms with Crippen molar-refractivity contribution in [2.75, 3.05) is 6.54 Å². The quantitative estimate of drug-likeness (QED) is 0.632. The van der Waals surface area contributed by atoms with Gasteiger partial charge in [-0.15, -0.1) is 5.92 Å². The predicted molar refractivity (Wildman–Crippen MR) is 77.0 cm³/mol. The van der Waals surface area contributed by atoms with Crippen molar-refractivity contribution in [3.05, 3.63) is 60.2 Å². The minimum absolute atomic E-state index is 0.747. The van der Waals surface area contributed by atoms with Crippen LogP contribution in [0.25, 0.3) is 11.1 Å². The fourth-order valence-corrected chi connectivity index (χ4v) is 1.80. The summed E-state index contributed by atoms with van der Waals surface area (Å²) >= 11 is 0. The molecule has 0 unspecified atom stereocenters. The van der Waals surface area contributed by atoms with Gasteiger partial charge >= 0.3 is 0 Å². The lowest BCUT2D eigenvalue weighted by Gasteiger charge is -2.04. The van der Waals surface area contributed by atoms with Gasteiger partial charge in [0.25, 0.3) is 0 Å². The maximum Gasteiger partial charge on any atom is 0.0578 e. The van der Waals surface area contributed by atoms with Crippen molar-refractivity contribution in [2.45, 2.75) is 13.5 Å². The second-order valence-corrected chi connectivity index (χ2v) is 4.09. The summed E-state index contributed by atoms with van der Waals surface area (Å²) < 4.78 is 0. The predicted octanol–water partition coefficient (Wildman–Crippen LogP) is 3.47.